The second-order valence-electron chi connectivity index (χ2n) is 9.54. The Morgan fingerprint density at radius 1 is 1.08 bits per heavy atom. The van der Waals surface area contributed by atoms with Crippen molar-refractivity contribution in [3.63, 3.8) is 0 Å². The van der Waals surface area contributed by atoms with Crippen molar-refractivity contribution in [2.75, 3.05) is 11.9 Å². The van der Waals surface area contributed by atoms with Gasteiger partial charge in [0.1, 0.15) is 11.6 Å². The van der Waals surface area contributed by atoms with Crippen LogP contribution < -0.4 is 15.6 Å². The molecule has 0 saturated carbocycles. The predicted octanol–water partition coefficient (Wildman–Crippen LogP) is 6.43. The summed E-state index contributed by atoms with van der Waals surface area (Å²) in [5, 5.41) is 7.84. The van der Waals surface area contributed by atoms with Crippen LogP contribution in [0, 0.1) is 6.92 Å². The third-order valence-electron chi connectivity index (χ3n) is 5.54. The molecule has 0 aliphatic heterocycles. The minimum atomic E-state index is -0.442. The van der Waals surface area contributed by atoms with Gasteiger partial charge in [0.25, 0.3) is 11.5 Å². The summed E-state index contributed by atoms with van der Waals surface area (Å²) in [6, 6.07) is 18.3. The number of nitrogens with zero attached hydrogens (tertiary/aromatic N) is 3. The van der Waals surface area contributed by atoms with Crippen molar-refractivity contribution in [3.8, 4) is 5.75 Å². The summed E-state index contributed by atoms with van der Waals surface area (Å²) in [5.41, 5.74) is 2.18. The van der Waals surface area contributed by atoms with Gasteiger partial charge >= 0.3 is 0 Å². The van der Waals surface area contributed by atoms with Crippen molar-refractivity contribution in [1.29, 1.82) is 0 Å². The van der Waals surface area contributed by atoms with E-state index in [1.807, 2.05) is 76.2 Å². The lowest BCUT2D eigenvalue weighted by molar-refractivity contribution is -0.118. The average Bonchev–Trinajstić information content (AvgIpc) is 2.84. The molecule has 7 nitrogen and oxygen atoms in total. The molecule has 0 atom stereocenters. The van der Waals surface area contributed by atoms with Gasteiger partial charge in [0, 0.05) is 25.6 Å². The van der Waals surface area contributed by atoms with Crippen molar-refractivity contribution in [2.45, 2.75) is 33.1 Å². The zero-order valence-corrected chi connectivity index (χ0v) is 24.1. The molecule has 0 radical (unpaired) electrons. The van der Waals surface area contributed by atoms with E-state index in [0.29, 0.717) is 28.0 Å². The van der Waals surface area contributed by atoms with Crippen LogP contribution in [0.5, 0.6) is 5.75 Å². The van der Waals surface area contributed by atoms with Gasteiger partial charge in [-0.05, 0) is 55.0 Å². The number of carbonyl (C=O) groups excluding carboxylic acids is 1. The van der Waals surface area contributed by atoms with Crippen molar-refractivity contribution >= 4 is 60.6 Å². The molecule has 0 saturated heterocycles. The third kappa shape index (κ3) is 6.34. The summed E-state index contributed by atoms with van der Waals surface area (Å²) in [6.45, 7) is 7.67. The molecule has 1 aromatic heterocycles. The maximum absolute atomic E-state index is 13.4. The number of amides is 1. The van der Waals surface area contributed by atoms with E-state index in [-0.39, 0.29) is 18.1 Å². The van der Waals surface area contributed by atoms with E-state index in [1.165, 1.54) is 4.68 Å². The molecule has 0 bridgehead atoms. The first-order valence-corrected chi connectivity index (χ1v) is 13.2. The molecule has 1 amide bonds. The van der Waals surface area contributed by atoms with E-state index in [4.69, 9.17) is 9.72 Å². The minimum Gasteiger partial charge on any atom is -0.483 e. The highest BCUT2D eigenvalue weighted by atomic mass is 79.9. The van der Waals surface area contributed by atoms with Gasteiger partial charge in [-0.2, -0.15) is 9.78 Å². The fourth-order valence-electron chi connectivity index (χ4n) is 3.66. The number of benzene rings is 3. The van der Waals surface area contributed by atoms with Crippen LogP contribution in [0.4, 0.5) is 5.69 Å². The third-order valence-corrected chi connectivity index (χ3v) is 6.53. The van der Waals surface area contributed by atoms with Crippen molar-refractivity contribution in [2.24, 2.45) is 5.10 Å². The fourth-order valence-corrected chi connectivity index (χ4v) is 4.40. The van der Waals surface area contributed by atoms with Gasteiger partial charge in [0.05, 0.1) is 17.1 Å². The number of fused-ring (bicyclic) bond motifs is 1. The molecule has 0 spiro atoms. The molecule has 0 aliphatic rings. The molecule has 9 heteroatoms. The fraction of sp³-hybridized carbons (Fsp3) is 0.214. The zero-order valence-electron chi connectivity index (χ0n) is 20.9. The Bertz CT molecular complexity index is 1570. The number of rotatable bonds is 6. The second-order valence-corrected chi connectivity index (χ2v) is 11.4. The van der Waals surface area contributed by atoms with Crippen LogP contribution in [-0.4, -0.2) is 28.4 Å². The number of ether oxygens (including phenoxy) is 1. The number of nitrogens with one attached hydrogen (secondary N) is 1. The zero-order chi connectivity index (χ0) is 26.7. The summed E-state index contributed by atoms with van der Waals surface area (Å²) < 4.78 is 8.74. The van der Waals surface area contributed by atoms with E-state index in [2.05, 4.69) is 42.3 Å². The van der Waals surface area contributed by atoms with Gasteiger partial charge in [-0.25, -0.2) is 4.98 Å². The molecule has 1 heterocycles. The number of hydrogen-bond donors (Lipinski definition) is 1. The summed E-state index contributed by atoms with van der Waals surface area (Å²) in [4.78, 5) is 30.7. The van der Waals surface area contributed by atoms with Gasteiger partial charge in [-0.3, -0.25) is 9.59 Å². The number of carbonyl (C=O) groups is 1. The Balaban J connectivity index is 1.66. The second kappa shape index (κ2) is 11.0. The van der Waals surface area contributed by atoms with Crippen LogP contribution >= 0.6 is 31.9 Å². The highest BCUT2D eigenvalue weighted by Gasteiger charge is 2.23. The SMILES string of the molecule is Cc1ccccc1NC(=O)COc1ccc(Br)cc1C=Nn1c(C(C)(C)C)nc2ccc(Br)cc2c1=O. The van der Waals surface area contributed by atoms with Crippen molar-refractivity contribution < 1.29 is 9.53 Å². The smallest absolute Gasteiger partial charge is 0.282 e. The van der Waals surface area contributed by atoms with Crippen LogP contribution in [0.2, 0.25) is 0 Å². The van der Waals surface area contributed by atoms with Crippen molar-refractivity contribution in [1.82, 2.24) is 9.66 Å². The summed E-state index contributed by atoms with van der Waals surface area (Å²) in [5.74, 6) is 0.697. The molecule has 3 aromatic carbocycles. The number of aryl methyl sites for hydroxylation is 1. The molecule has 0 aliphatic carbocycles. The minimum absolute atomic E-state index is 0.185. The molecular weight excluding hydrogens is 600 g/mol. The largest absolute Gasteiger partial charge is 0.483 e. The Morgan fingerprint density at radius 2 is 1.78 bits per heavy atom. The lowest BCUT2D eigenvalue weighted by atomic mass is 9.95. The van der Waals surface area contributed by atoms with Gasteiger partial charge < -0.3 is 10.1 Å². The average molecular weight is 626 g/mol. The predicted molar refractivity (Wildman–Crippen MR) is 155 cm³/mol. The van der Waals surface area contributed by atoms with Crippen molar-refractivity contribution in [3.05, 3.63) is 96.9 Å². The topological polar surface area (TPSA) is 85.6 Å². The molecule has 0 fully saturated rings. The van der Waals surface area contributed by atoms with Crippen LogP contribution in [0.3, 0.4) is 0 Å². The molecule has 190 valence electrons. The first-order valence-electron chi connectivity index (χ1n) is 11.6. The maximum Gasteiger partial charge on any atom is 0.282 e. The van der Waals surface area contributed by atoms with E-state index in [9.17, 15) is 9.59 Å². The van der Waals surface area contributed by atoms with Crippen LogP contribution in [0.15, 0.2) is 79.5 Å². The first kappa shape index (κ1) is 26.8. The van der Waals surface area contributed by atoms with Crippen LogP contribution in [0.25, 0.3) is 10.9 Å². The quantitative estimate of drug-likeness (QED) is 0.250. The number of hydrogen-bond acceptors (Lipinski definition) is 5. The lowest BCUT2D eigenvalue weighted by Crippen LogP contribution is -2.29. The van der Waals surface area contributed by atoms with Gasteiger partial charge in [0.15, 0.2) is 6.61 Å². The summed E-state index contributed by atoms with van der Waals surface area (Å²) >= 11 is 6.90. The Hall–Kier alpha value is -3.30. The Morgan fingerprint density at radius 3 is 2.51 bits per heavy atom. The number of anilines is 1. The van der Waals surface area contributed by atoms with Crippen LogP contribution in [0.1, 0.15) is 37.7 Å². The normalized spacial score (nSPS) is 11.7. The number of halogens is 2. The highest BCUT2D eigenvalue weighted by molar-refractivity contribution is 9.10. The van der Waals surface area contributed by atoms with E-state index in [1.54, 1.807) is 18.3 Å². The standard InChI is InChI=1S/C28H26Br2N4O3/c1-17-7-5-6-8-22(17)32-25(35)16-37-24-12-10-19(29)13-18(24)15-31-34-26(36)21-14-20(30)9-11-23(21)33-27(34)28(2,3)4/h5-15H,16H2,1-4H3,(H,32,35). The molecule has 37 heavy (non-hydrogen) atoms. The van der Waals surface area contributed by atoms with Gasteiger partial charge in [-0.15, -0.1) is 0 Å². The number of para-hydroxylation sites is 1. The Labute approximate surface area is 231 Å². The van der Waals surface area contributed by atoms with E-state index >= 15 is 0 Å². The molecule has 1 N–H and O–H groups in total. The summed E-state index contributed by atoms with van der Waals surface area (Å²) in [6.07, 6.45) is 1.54. The molecular formula is C28H26Br2N4O3. The van der Waals surface area contributed by atoms with Gasteiger partial charge in [-0.1, -0.05) is 70.8 Å². The molecule has 4 aromatic rings. The summed E-state index contributed by atoms with van der Waals surface area (Å²) in [7, 11) is 0. The van der Waals surface area contributed by atoms with Gasteiger partial charge in [0.2, 0.25) is 0 Å². The number of aromatic nitrogens is 2. The van der Waals surface area contributed by atoms with Crippen LogP contribution in [-0.2, 0) is 10.2 Å². The first-order chi connectivity index (χ1) is 17.5. The molecule has 4 rings (SSSR count). The van der Waals surface area contributed by atoms with E-state index in [0.717, 1.165) is 20.2 Å². The monoisotopic (exact) mass is 624 g/mol. The molecule has 0 unspecified atom stereocenters. The van der Waals surface area contributed by atoms with E-state index < -0.39 is 5.41 Å². The highest BCUT2D eigenvalue weighted by Crippen LogP contribution is 2.25. The maximum atomic E-state index is 13.4. The lowest BCUT2D eigenvalue weighted by Gasteiger charge is -2.21. The Kier molecular flexibility index (Phi) is 7.94.